The first-order chi connectivity index (χ1) is 13.1. The average Bonchev–Trinajstić information content (AvgIpc) is 3.14. The zero-order valence-electron chi connectivity index (χ0n) is 15.8. The number of aryl methyl sites for hydroxylation is 1. The molecule has 3 aromatic rings. The van der Waals surface area contributed by atoms with Gasteiger partial charge in [0.25, 0.3) is 5.91 Å². The quantitative estimate of drug-likeness (QED) is 0.656. The minimum absolute atomic E-state index is 0. The van der Waals surface area contributed by atoms with Gasteiger partial charge in [0.2, 0.25) is 0 Å². The third kappa shape index (κ3) is 4.93. The molecule has 0 aliphatic carbocycles. The number of nitrogens with one attached hydrogen (secondary N) is 2. The molecular formula is C20H22Cl2FN5O. The van der Waals surface area contributed by atoms with Gasteiger partial charge in [0.15, 0.2) is 5.82 Å². The van der Waals surface area contributed by atoms with Crippen molar-refractivity contribution in [2.45, 2.75) is 13.0 Å². The fourth-order valence-electron chi connectivity index (χ4n) is 3.39. The molecule has 154 valence electrons. The molecule has 1 saturated heterocycles. The highest BCUT2D eigenvalue weighted by molar-refractivity contribution is 5.95. The van der Waals surface area contributed by atoms with E-state index in [0.29, 0.717) is 31.0 Å². The van der Waals surface area contributed by atoms with Crippen LogP contribution in [0.15, 0.2) is 48.5 Å². The number of piperazine rings is 1. The molecule has 1 amide bonds. The van der Waals surface area contributed by atoms with Gasteiger partial charge in [-0.15, -0.1) is 24.8 Å². The van der Waals surface area contributed by atoms with Gasteiger partial charge >= 0.3 is 0 Å². The van der Waals surface area contributed by atoms with E-state index in [0.717, 1.165) is 17.0 Å². The molecule has 2 heterocycles. The van der Waals surface area contributed by atoms with Crippen molar-refractivity contribution >= 4 is 30.7 Å². The summed E-state index contributed by atoms with van der Waals surface area (Å²) in [6.07, 6.45) is 0. The molecule has 0 spiro atoms. The number of rotatable bonds is 3. The smallest absolute Gasteiger partial charge is 0.254 e. The Balaban J connectivity index is 0.00000150. The Morgan fingerprint density at radius 2 is 1.97 bits per heavy atom. The SMILES string of the molecule is Cc1nc(-c2cccc(C(=O)N3CCNCC3c3cccc(F)c3)c2)n[nH]1.Cl.Cl. The Bertz CT molecular complexity index is 981. The van der Waals surface area contributed by atoms with Gasteiger partial charge in [-0.05, 0) is 36.8 Å². The lowest BCUT2D eigenvalue weighted by Crippen LogP contribution is -2.48. The first-order valence-corrected chi connectivity index (χ1v) is 8.88. The Kier molecular flexibility index (Phi) is 7.73. The maximum absolute atomic E-state index is 13.7. The van der Waals surface area contributed by atoms with Gasteiger partial charge in [0, 0.05) is 30.8 Å². The van der Waals surface area contributed by atoms with E-state index in [4.69, 9.17) is 0 Å². The average molecular weight is 438 g/mol. The summed E-state index contributed by atoms with van der Waals surface area (Å²) >= 11 is 0. The van der Waals surface area contributed by atoms with Crippen molar-refractivity contribution in [2.75, 3.05) is 19.6 Å². The van der Waals surface area contributed by atoms with Gasteiger partial charge < -0.3 is 10.2 Å². The maximum atomic E-state index is 13.7. The number of carbonyl (C=O) groups is 1. The molecule has 1 fully saturated rings. The molecule has 1 aromatic heterocycles. The van der Waals surface area contributed by atoms with Crippen molar-refractivity contribution in [1.82, 2.24) is 25.4 Å². The van der Waals surface area contributed by atoms with Gasteiger partial charge in [-0.1, -0.05) is 24.3 Å². The number of hydrogen-bond acceptors (Lipinski definition) is 4. The second kappa shape index (κ2) is 9.82. The normalized spacial score (nSPS) is 15.9. The summed E-state index contributed by atoms with van der Waals surface area (Å²) in [5.41, 5.74) is 2.14. The predicted octanol–water partition coefficient (Wildman–Crippen LogP) is 3.55. The van der Waals surface area contributed by atoms with Crippen molar-refractivity contribution in [3.63, 3.8) is 0 Å². The fraction of sp³-hybridized carbons (Fsp3) is 0.250. The molecule has 1 atom stereocenters. The van der Waals surface area contributed by atoms with Crippen molar-refractivity contribution in [3.05, 3.63) is 71.3 Å². The molecule has 1 aliphatic heterocycles. The van der Waals surface area contributed by atoms with Crippen LogP contribution in [-0.2, 0) is 0 Å². The van der Waals surface area contributed by atoms with E-state index in [1.807, 2.05) is 25.1 Å². The van der Waals surface area contributed by atoms with Crippen molar-refractivity contribution in [2.24, 2.45) is 0 Å². The largest absolute Gasteiger partial charge is 0.329 e. The second-order valence-corrected chi connectivity index (χ2v) is 6.60. The molecule has 29 heavy (non-hydrogen) atoms. The van der Waals surface area contributed by atoms with E-state index in [9.17, 15) is 9.18 Å². The van der Waals surface area contributed by atoms with Crippen LogP contribution in [0, 0.1) is 12.7 Å². The van der Waals surface area contributed by atoms with Crippen LogP contribution in [0.4, 0.5) is 4.39 Å². The predicted molar refractivity (Wildman–Crippen MR) is 114 cm³/mol. The minimum atomic E-state index is -0.299. The summed E-state index contributed by atoms with van der Waals surface area (Å²) in [6.45, 7) is 3.69. The molecule has 6 nitrogen and oxygen atoms in total. The number of aromatic nitrogens is 3. The number of hydrogen-bond donors (Lipinski definition) is 2. The highest BCUT2D eigenvalue weighted by Crippen LogP contribution is 2.26. The number of carbonyl (C=O) groups excluding carboxylic acids is 1. The summed E-state index contributed by atoms with van der Waals surface area (Å²) in [6, 6.07) is 13.5. The number of nitrogens with zero attached hydrogens (tertiary/aromatic N) is 3. The van der Waals surface area contributed by atoms with Gasteiger partial charge in [-0.25, -0.2) is 9.37 Å². The van der Waals surface area contributed by atoms with Gasteiger partial charge in [0.05, 0.1) is 6.04 Å². The summed E-state index contributed by atoms with van der Waals surface area (Å²) in [5.74, 6) is 0.895. The van der Waals surface area contributed by atoms with E-state index >= 15 is 0 Å². The highest BCUT2D eigenvalue weighted by atomic mass is 35.5. The maximum Gasteiger partial charge on any atom is 0.254 e. The molecule has 2 N–H and O–H groups in total. The second-order valence-electron chi connectivity index (χ2n) is 6.60. The molecule has 0 saturated carbocycles. The third-order valence-corrected chi connectivity index (χ3v) is 4.70. The molecule has 1 aliphatic rings. The van der Waals surface area contributed by atoms with Crippen molar-refractivity contribution < 1.29 is 9.18 Å². The summed E-state index contributed by atoms with van der Waals surface area (Å²) < 4.78 is 13.7. The number of amides is 1. The molecule has 1 unspecified atom stereocenters. The lowest BCUT2D eigenvalue weighted by Gasteiger charge is -2.36. The molecular weight excluding hydrogens is 416 g/mol. The number of benzene rings is 2. The van der Waals surface area contributed by atoms with Crippen LogP contribution in [-0.4, -0.2) is 45.6 Å². The van der Waals surface area contributed by atoms with Crippen LogP contribution >= 0.6 is 24.8 Å². The van der Waals surface area contributed by atoms with E-state index in [-0.39, 0.29) is 42.6 Å². The molecule has 4 rings (SSSR count). The highest BCUT2D eigenvalue weighted by Gasteiger charge is 2.29. The van der Waals surface area contributed by atoms with Crippen LogP contribution in [0.5, 0.6) is 0 Å². The zero-order valence-corrected chi connectivity index (χ0v) is 17.4. The number of H-pyrrole nitrogens is 1. The van der Waals surface area contributed by atoms with E-state index in [2.05, 4.69) is 20.5 Å². The van der Waals surface area contributed by atoms with E-state index in [1.165, 1.54) is 12.1 Å². The van der Waals surface area contributed by atoms with Crippen molar-refractivity contribution in [1.29, 1.82) is 0 Å². The first kappa shape index (κ1) is 22.8. The number of aromatic amines is 1. The lowest BCUT2D eigenvalue weighted by atomic mass is 10.0. The van der Waals surface area contributed by atoms with E-state index < -0.39 is 0 Å². The first-order valence-electron chi connectivity index (χ1n) is 8.88. The van der Waals surface area contributed by atoms with Crippen LogP contribution in [0.1, 0.15) is 27.8 Å². The van der Waals surface area contributed by atoms with Crippen LogP contribution in [0.3, 0.4) is 0 Å². The van der Waals surface area contributed by atoms with Gasteiger partial charge in [-0.2, -0.15) is 5.10 Å². The summed E-state index contributed by atoms with van der Waals surface area (Å²) in [5, 5.41) is 10.3. The zero-order chi connectivity index (χ0) is 18.8. The molecule has 2 aromatic carbocycles. The monoisotopic (exact) mass is 437 g/mol. The molecule has 0 radical (unpaired) electrons. The Hall–Kier alpha value is -2.48. The topological polar surface area (TPSA) is 73.9 Å². The van der Waals surface area contributed by atoms with Crippen LogP contribution in [0.2, 0.25) is 0 Å². The standard InChI is InChI=1S/C20H20FN5O.2ClH/c1-13-23-19(25-24-13)15-5-2-6-16(10-15)20(27)26-9-8-22-12-18(26)14-4-3-7-17(21)11-14;;/h2-7,10-11,18,22H,8-9,12H2,1H3,(H,23,24,25);2*1H. The fourth-order valence-corrected chi connectivity index (χ4v) is 3.39. The van der Waals surface area contributed by atoms with E-state index in [1.54, 1.807) is 23.1 Å². The summed E-state index contributed by atoms with van der Waals surface area (Å²) in [7, 11) is 0. The Morgan fingerprint density at radius 1 is 1.17 bits per heavy atom. The summed E-state index contributed by atoms with van der Waals surface area (Å²) in [4.78, 5) is 19.3. The van der Waals surface area contributed by atoms with Gasteiger partial charge in [-0.3, -0.25) is 9.89 Å². The van der Waals surface area contributed by atoms with Crippen LogP contribution in [0.25, 0.3) is 11.4 Å². The van der Waals surface area contributed by atoms with Crippen molar-refractivity contribution in [3.8, 4) is 11.4 Å². The molecule has 9 heteroatoms. The minimum Gasteiger partial charge on any atom is -0.329 e. The lowest BCUT2D eigenvalue weighted by molar-refractivity contribution is 0.0634. The number of halogens is 3. The third-order valence-electron chi connectivity index (χ3n) is 4.70. The van der Waals surface area contributed by atoms with Gasteiger partial charge in [0.1, 0.15) is 11.6 Å². The molecule has 0 bridgehead atoms. The van der Waals surface area contributed by atoms with Crippen LogP contribution < -0.4 is 5.32 Å². The Labute approximate surface area is 180 Å². The Morgan fingerprint density at radius 3 is 2.69 bits per heavy atom.